The van der Waals surface area contributed by atoms with Crippen LogP contribution in [0, 0.1) is 25.7 Å². The van der Waals surface area contributed by atoms with Crippen LogP contribution in [0.25, 0.3) is 0 Å². The lowest BCUT2D eigenvalue weighted by molar-refractivity contribution is -0.161. The Morgan fingerprint density at radius 1 is 1.20 bits per heavy atom. The van der Waals surface area contributed by atoms with E-state index in [0.29, 0.717) is 45.1 Å². The number of rotatable bonds is 14. The van der Waals surface area contributed by atoms with Gasteiger partial charge in [0.05, 0.1) is 18.1 Å². The number of esters is 1. The van der Waals surface area contributed by atoms with Gasteiger partial charge in [0, 0.05) is 25.4 Å². The molecule has 3 heterocycles. The number of carbonyl (C=O) groups is 3. The van der Waals surface area contributed by atoms with Gasteiger partial charge >= 0.3 is 5.97 Å². The first-order chi connectivity index (χ1) is 19.2. The third-order valence-corrected chi connectivity index (χ3v) is 9.01. The second-order valence-electron chi connectivity index (χ2n) is 11.4. The Kier molecular flexibility index (Phi) is 9.20. The third kappa shape index (κ3) is 5.00. The molecule has 0 radical (unpaired) electrons. The van der Waals surface area contributed by atoms with E-state index in [1.807, 2.05) is 39.0 Å². The summed E-state index contributed by atoms with van der Waals surface area (Å²) in [6.45, 7) is 14.3. The molecule has 1 aromatic rings. The highest BCUT2D eigenvalue weighted by atomic mass is 16.6. The average molecular weight is 553 g/mol. The Morgan fingerprint density at radius 2 is 1.98 bits per heavy atom. The number of anilines is 1. The number of carbonyl (C=O) groups excluding carboxylic acids is 3. The first-order valence-corrected chi connectivity index (χ1v) is 14.6. The lowest BCUT2D eigenvalue weighted by Gasteiger charge is -2.37. The second kappa shape index (κ2) is 12.3. The number of nitrogens with zero attached hydrogens (tertiary/aromatic N) is 2. The number of ether oxygens (including phenoxy) is 2. The number of likely N-dealkylation sites (tertiary alicyclic amines) is 1. The maximum Gasteiger partial charge on any atom is 0.312 e. The van der Waals surface area contributed by atoms with Crippen LogP contribution in [-0.4, -0.2) is 71.3 Å². The normalized spacial score (nSPS) is 28.4. The van der Waals surface area contributed by atoms with Crippen LogP contribution in [-0.2, 0) is 23.9 Å². The molecule has 0 saturated carbocycles. The fraction of sp³-hybridized carbons (Fsp3) is 0.594. The van der Waals surface area contributed by atoms with Gasteiger partial charge in [0.1, 0.15) is 17.6 Å². The molecule has 40 heavy (non-hydrogen) atoms. The summed E-state index contributed by atoms with van der Waals surface area (Å²) in [5.41, 5.74) is 0.763. The lowest BCUT2D eigenvalue weighted by atomic mass is 9.65. The fourth-order valence-corrected chi connectivity index (χ4v) is 7.07. The van der Waals surface area contributed by atoms with Crippen molar-refractivity contribution in [3.05, 3.63) is 54.6 Å². The second-order valence-corrected chi connectivity index (χ2v) is 11.4. The van der Waals surface area contributed by atoms with E-state index in [1.165, 1.54) is 0 Å². The van der Waals surface area contributed by atoms with E-state index < -0.39 is 35.0 Å². The molecule has 2 amide bonds. The van der Waals surface area contributed by atoms with Crippen molar-refractivity contribution in [3.8, 4) is 0 Å². The molecule has 3 fully saturated rings. The van der Waals surface area contributed by atoms with E-state index in [2.05, 4.69) is 13.2 Å². The lowest BCUT2D eigenvalue weighted by Crippen LogP contribution is -2.56. The van der Waals surface area contributed by atoms with Crippen molar-refractivity contribution in [1.29, 1.82) is 0 Å². The van der Waals surface area contributed by atoms with E-state index in [-0.39, 0.29) is 31.6 Å². The van der Waals surface area contributed by atoms with E-state index in [0.717, 1.165) is 23.2 Å². The van der Waals surface area contributed by atoms with E-state index in [9.17, 15) is 19.5 Å². The van der Waals surface area contributed by atoms with E-state index in [1.54, 1.807) is 22.0 Å². The topological polar surface area (TPSA) is 96.4 Å². The highest BCUT2D eigenvalue weighted by molar-refractivity contribution is 6.05. The molecular weight excluding hydrogens is 508 g/mol. The number of aryl methyl sites for hydroxylation is 2. The van der Waals surface area contributed by atoms with E-state index >= 15 is 0 Å². The number of hydrogen-bond acceptors (Lipinski definition) is 6. The average Bonchev–Trinajstić information content (AvgIpc) is 3.54. The summed E-state index contributed by atoms with van der Waals surface area (Å²) in [7, 11) is 0. The molecule has 3 aliphatic rings. The molecular formula is C32H44N2O6. The van der Waals surface area contributed by atoms with Crippen molar-refractivity contribution in [1.82, 2.24) is 4.90 Å². The van der Waals surface area contributed by atoms with Gasteiger partial charge in [0.15, 0.2) is 0 Å². The number of fused-ring (bicyclic) bond motifs is 1. The molecule has 3 aliphatic heterocycles. The zero-order valence-corrected chi connectivity index (χ0v) is 24.2. The van der Waals surface area contributed by atoms with Crippen molar-refractivity contribution in [2.45, 2.75) is 83.0 Å². The number of aliphatic hydroxyl groups excluding tert-OH is 1. The van der Waals surface area contributed by atoms with Gasteiger partial charge in [-0.2, -0.15) is 0 Å². The fourth-order valence-electron chi connectivity index (χ4n) is 7.07. The van der Waals surface area contributed by atoms with Crippen LogP contribution in [0.3, 0.4) is 0 Å². The standard InChI is InChI=1S/C32H44N2O6/c1-6-9-12-20-39-30(38)26-25-28(36)34(18-10-11-19-35)27(32(25)16-15-31(26,8-3)40-32)29(37)33(17-7-2)24-21-22(4)13-14-23(24)5/h6-7,13-14,21,25-27,35H,1-2,8-12,15-20H2,3-5H3/t25-,26+,27?,31-,32?/m0/s1. The predicted molar refractivity (Wildman–Crippen MR) is 154 cm³/mol. The summed E-state index contributed by atoms with van der Waals surface area (Å²) in [6.07, 6.45) is 7.54. The molecule has 0 aliphatic carbocycles. The number of benzene rings is 1. The van der Waals surface area contributed by atoms with Gasteiger partial charge in [-0.1, -0.05) is 31.2 Å². The zero-order chi connectivity index (χ0) is 29.1. The van der Waals surface area contributed by atoms with Crippen molar-refractivity contribution in [2.75, 3.05) is 31.2 Å². The molecule has 8 heteroatoms. The molecule has 5 atom stereocenters. The van der Waals surface area contributed by atoms with Gasteiger partial charge in [0.25, 0.3) is 5.91 Å². The summed E-state index contributed by atoms with van der Waals surface area (Å²) in [5, 5.41) is 9.43. The Labute approximate surface area is 238 Å². The number of aliphatic hydroxyl groups is 1. The van der Waals surface area contributed by atoms with Gasteiger partial charge in [-0.25, -0.2) is 0 Å². The highest BCUT2D eigenvalue weighted by Gasteiger charge is 2.79. The van der Waals surface area contributed by atoms with Crippen LogP contribution in [0.4, 0.5) is 5.69 Å². The first-order valence-electron chi connectivity index (χ1n) is 14.6. The van der Waals surface area contributed by atoms with Gasteiger partial charge < -0.3 is 24.4 Å². The smallest absolute Gasteiger partial charge is 0.312 e. The van der Waals surface area contributed by atoms with Crippen molar-refractivity contribution < 1.29 is 29.0 Å². The number of allylic oxidation sites excluding steroid dienone is 1. The van der Waals surface area contributed by atoms with Gasteiger partial charge in [-0.3, -0.25) is 14.4 Å². The molecule has 2 bridgehead atoms. The van der Waals surface area contributed by atoms with Crippen LogP contribution in [0.5, 0.6) is 0 Å². The van der Waals surface area contributed by atoms with Gasteiger partial charge in [0.2, 0.25) is 5.91 Å². The predicted octanol–water partition coefficient (Wildman–Crippen LogP) is 4.26. The minimum absolute atomic E-state index is 0.00457. The Bertz CT molecular complexity index is 1150. The van der Waals surface area contributed by atoms with Gasteiger partial charge in [-0.15, -0.1) is 13.2 Å². The number of hydrogen-bond donors (Lipinski definition) is 1. The van der Waals surface area contributed by atoms with Crippen LogP contribution in [0.2, 0.25) is 0 Å². The SMILES string of the molecule is C=CCCCOC(=O)[C@H]1[C@H]2C(=O)N(CCCCO)C(C(=O)N(CC=C)c3cc(C)ccc3C)C23CC[C@]1(CC)O3. The van der Waals surface area contributed by atoms with Crippen LogP contribution in [0.1, 0.15) is 63.0 Å². The summed E-state index contributed by atoms with van der Waals surface area (Å²) in [5.74, 6) is -2.46. The Hall–Kier alpha value is -2.97. The summed E-state index contributed by atoms with van der Waals surface area (Å²) in [6, 6.07) is 5.07. The number of amides is 2. The van der Waals surface area contributed by atoms with Crippen molar-refractivity contribution in [2.24, 2.45) is 11.8 Å². The molecule has 1 spiro atoms. The molecule has 4 rings (SSSR count). The summed E-state index contributed by atoms with van der Waals surface area (Å²) < 4.78 is 12.5. The third-order valence-electron chi connectivity index (χ3n) is 9.01. The highest BCUT2D eigenvalue weighted by Crippen LogP contribution is 2.64. The monoisotopic (exact) mass is 552 g/mol. The molecule has 218 valence electrons. The maximum absolute atomic E-state index is 14.7. The maximum atomic E-state index is 14.7. The Morgan fingerprint density at radius 3 is 2.65 bits per heavy atom. The number of unbranched alkanes of at least 4 members (excludes halogenated alkanes) is 2. The van der Waals surface area contributed by atoms with E-state index in [4.69, 9.17) is 9.47 Å². The summed E-state index contributed by atoms with van der Waals surface area (Å²) in [4.78, 5) is 45.8. The molecule has 0 aromatic heterocycles. The minimum Gasteiger partial charge on any atom is -0.465 e. The zero-order valence-electron chi connectivity index (χ0n) is 24.2. The molecule has 2 unspecified atom stereocenters. The first kappa shape index (κ1) is 30.0. The molecule has 1 aromatic carbocycles. The Balaban J connectivity index is 1.77. The van der Waals surface area contributed by atoms with Crippen molar-refractivity contribution >= 4 is 23.5 Å². The largest absolute Gasteiger partial charge is 0.465 e. The van der Waals surface area contributed by atoms with Crippen LogP contribution < -0.4 is 4.90 Å². The molecule has 8 nitrogen and oxygen atoms in total. The quantitative estimate of drug-likeness (QED) is 0.211. The summed E-state index contributed by atoms with van der Waals surface area (Å²) >= 11 is 0. The van der Waals surface area contributed by atoms with Crippen LogP contribution in [0.15, 0.2) is 43.5 Å². The molecule has 3 saturated heterocycles. The molecule has 1 N–H and O–H groups in total. The van der Waals surface area contributed by atoms with Crippen molar-refractivity contribution in [3.63, 3.8) is 0 Å². The van der Waals surface area contributed by atoms with Gasteiger partial charge in [-0.05, 0) is 76.0 Å². The minimum atomic E-state index is -1.12. The van der Waals surface area contributed by atoms with Crippen LogP contribution >= 0.6 is 0 Å².